The van der Waals surface area contributed by atoms with Gasteiger partial charge in [0.15, 0.2) is 11.6 Å². The van der Waals surface area contributed by atoms with Crippen molar-refractivity contribution in [2.75, 3.05) is 5.32 Å². The summed E-state index contributed by atoms with van der Waals surface area (Å²) in [5, 5.41) is 18.4. The highest BCUT2D eigenvalue weighted by molar-refractivity contribution is 5.86. The summed E-state index contributed by atoms with van der Waals surface area (Å²) in [4.78, 5) is 12.6. The fraction of sp³-hybridized carbons (Fsp3) is 0.130. The topological polar surface area (TPSA) is 95.2 Å². The fourth-order valence-electron chi connectivity index (χ4n) is 3.78. The molecule has 7 nitrogen and oxygen atoms in total. The second kappa shape index (κ2) is 6.71. The van der Waals surface area contributed by atoms with Crippen molar-refractivity contribution in [1.82, 2.24) is 24.7 Å². The van der Waals surface area contributed by atoms with E-state index in [-0.39, 0.29) is 0 Å². The van der Waals surface area contributed by atoms with Crippen molar-refractivity contribution in [1.29, 1.82) is 5.26 Å². The lowest BCUT2D eigenvalue weighted by Crippen LogP contribution is -2.07. The molecule has 0 aliphatic carbocycles. The lowest BCUT2D eigenvalue weighted by atomic mass is 10.0. The second-order valence-corrected chi connectivity index (χ2v) is 7.43. The Morgan fingerprint density at radius 2 is 1.87 bits per heavy atom. The molecule has 0 atom stereocenters. The van der Waals surface area contributed by atoms with E-state index in [1.54, 1.807) is 4.68 Å². The number of anilines is 2. The highest BCUT2D eigenvalue weighted by atomic mass is 15.4. The van der Waals surface area contributed by atoms with Gasteiger partial charge in [-0.15, -0.1) is 0 Å². The first-order valence-corrected chi connectivity index (χ1v) is 9.62. The van der Waals surface area contributed by atoms with E-state index in [1.807, 2.05) is 30.3 Å². The van der Waals surface area contributed by atoms with Crippen molar-refractivity contribution < 1.29 is 0 Å². The van der Waals surface area contributed by atoms with Gasteiger partial charge < -0.3 is 10.3 Å². The number of rotatable bonds is 3. The number of hydrogen-bond acceptors (Lipinski definition) is 5. The van der Waals surface area contributed by atoms with Crippen LogP contribution in [-0.2, 0) is 0 Å². The van der Waals surface area contributed by atoms with E-state index >= 15 is 0 Å². The van der Waals surface area contributed by atoms with Crippen LogP contribution in [0.2, 0.25) is 0 Å². The zero-order valence-electron chi connectivity index (χ0n) is 16.9. The molecule has 0 fully saturated rings. The van der Waals surface area contributed by atoms with Crippen LogP contribution >= 0.6 is 0 Å². The number of nitrogens with one attached hydrogen (secondary N) is 2. The van der Waals surface area contributed by atoms with Crippen LogP contribution < -0.4 is 5.32 Å². The molecule has 146 valence electrons. The Hall–Kier alpha value is -4.18. The van der Waals surface area contributed by atoms with E-state index < -0.39 is 0 Å². The summed E-state index contributed by atoms with van der Waals surface area (Å²) in [5.41, 5.74) is 6.51. The number of nitriles is 1. The van der Waals surface area contributed by atoms with Crippen LogP contribution in [-0.4, -0.2) is 24.7 Å². The summed E-state index contributed by atoms with van der Waals surface area (Å²) >= 11 is 0. The summed E-state index contributed by atoms with van der Waals surface area (Å²) in [6, 6.07) is 16.2. The smallest absolute Gasteiger partial charge is 0.206 e. The van der Waals surface area contributed by atoms with Gasteiger partial charge in [0.25, 0.3) is 0 Å². The summed E-state index contributed by atoms with van der Waals surface area (Å²) in [6.45, 7) is 6.21. The second-order valence-electron chi connectivity index (χ2n) is 7.43. The number of H-pyrrole nitrogens is 1. The molecule has 0 saturated carbocycles. The van der Waals surface area contributed by atoms with Crippen LogP contribution in [0, 0.1) is 32.1 Å². The van der Waals surface area contributed by atoms with E-state index in [2.05, 4.69) is 59.4 Å². The third-order valence-corrected chi connectivity index (χ3v) is 5.17. The molecule has 0 radical (unpaired) electrons. The third-order valence-electron chi connectivity index (χ3n) is 5.17. The number of fused-ring (bicyclic) bond motifs is 2. The molecular weight excluding hydrogens is 374 g/mol. The lowest BCUT2D eigenvalue weighted by molar-refractivity contribution is 0.857. The molecule has 7 heteroatoms. The van der Waals surface area contributed by atoms with Gasteiger partial charge in [0.1, 0.15) is 11.6 Å². The predicted molar refractivity (Wildman–Crippen MR) is 117 cm³/mol. The molecule has 0 aliphatic heterocycles. The Morgan fingerprint density at radius 3 is 2.67 bits per heavy atom. The van der Waals surface area contributed by atoms with Gasteiger partial charge in [-0.25, -0.2) is 9.97 Å². The molecule has 0 unspecified atom stereocenters. The lowest BCUT2D eigenvalue weighted by Gasteiger charge is -2.12. The normalized spacial score (nSPS) is 11.1. The van der Waals surface area contributed by atoms with Gasteiger partial charge in [-0.1, -0.05) is 23.8 Å². The number of benzene rings is 2. The maximum Gasteiger partial charge on any atom is 0.206 e. The molecule has 2 N–H and O–H groups in total. The van der Waals surface area contributed by atoms with Crippen molar-refractivity contribution in [3.63, 3.8) is 0 Å². The van der Waals surface area contributed by atoms with E-state index in [1.165, 1.54) is 11.8 Å². The first-order chi connectivity index (χ1) is 14.5. The molecular formula is C23H19N7. The highest BCUT2D eigenvalue weighted by Gasteiger charge is 2.17. The Kier molecular flexibility index (Phi) is 4.00. The average Bonchev–Trinajstić information content (AvgIpc) is 3.32. The number of nitrogens with zero attached hydrogens (tertiary/aromatic N) is 5. The van der Waals surface area contributed by atoms with Crippen LogP contribution in [0.25, 0.3) is 27.8 Å². The standard InChI is InChI=1S/C23H19N7/c1-13-8-15(3)21-17(9-13)14(2)10-20(28-21)30-22(16(11-24)12-25-30)29-23-26-18-6-4-5-7-19(18)27-23/h4-10,12H,1-3H3,(H2,26,27,29). The summed E-state index contributed by atoms with van der Waals surface area (Å²) < 4.78 is 1.65. The number of para-hydroxylation sites is 2. The molecule has 0 saturated heterocycles. The minimum Gasteiger partial charge on any atom is -0.324 e. The monoisotopic (exact) mass is 393 g/mol. The maximum atomic E-state index is 9.60. The van der Waals surface area contributed by atoms with E-state index in [0.717, 1.165) is 33.1 Å². The SMILES string of the molecule is Cc1cc(C)c2nc(-n3ncc(C#N)c3Nc3nc4ccccc4[nH]3)cc(C)c2c1. The minimum absolute atomic E-state index is 0.413. The van der Waals surface area contributed by atoms with Crippen LogP contribution in [0.5, 0.6) is 0 Å². The number of pyridine rings is 1. The molecule has 30 heavy (non-hydrogen) atoms. The largest absolute Gasteiger partial charge is 0.324 e. The molecule has 0 bridgehead atoms. The van der Waals surface area contributed by atoms with E-state index in [9.17, 15) is 5.26 Å². The highest BCUT2D eigenvalue weighted by Crippen LogP contribution is 2.28. The molecule has 2 aromatic carbocycles. The number of aromatic nitrogens is 5. The molecule has 5 rings (SSSR count). The van der Waals surface area contributed by atoms with Crippen LogP contribution in [0.1, 0.15) is 22.3 Å². The predicted octanol–water partition coefficient (Wildman–Crippen LogP) is 4.84. The first kappa shape index (κ1) is 17.9. The number of hydrogen-bond donors (Lipinski definition) is 2. The summed E-state index contributed by atoms with van der Waals surface area (Å²) in [7, 11) is 0. The Balaban J connectivity index is 1.65. The van der Waals surface area contributed by atoms with Gasteiger partial charge in [-0.2, -0.15) is 15.0 Å². The Labute approximate surface area is 173 Å². The minimum atomic E-state index is 0.413. The fourth-order valence-corrected chi connectivity index (χ4v) is 3.78. The molecule has 5 aromatic rings. The van der Waals surface area contributed by atoms with Crippen molar-refractivity contribution in [3.8, 4) is 11.9 Å². The quantitative estimate of drug-likeness (QED) is 0.457. The van der Waals surface area contributed by atoms with Crippen molar-refractivity contribution in [2.24, 2.45) is 0 Å². The van der Waals surface area contributed by atoms with Crippen molar-refractivity contribution in [3.05, 3.63) is 70.9 Å². The van der Waals surface area contributed by atoms with Gasteiger partial charge in [-0.05, 0) is 56.2 Å². The zero-order valence-corrected chi connectivity index (χ0v) is 16.9. The van der Waals surface area contributed by atoms with E-state index in [4.69, 9.17) is 4.98 Å². The van der Waals surface area contributed by atoms with Gasteiger partial charge >= 0.3 is 0 Å². The maximum absolute atomic E-state index is 9.60. The summed E-state index contributed by atoms with van der Waals surface area (Å²) in [5.74, 6) is 1.71. The number of aryl methyl sites for hydroxylation is 3. The zero-order chi connectivity index (χ0) is 20.8. The first-order valence-electron chi connectivity index (χ1n) is 9.62. The summed E-state index contributed by atoms with van der Waals surface area (Å²) in [6.07, 6.45) is 1.54. The Bertz CT molecular complexity index is 1430. The average molecular weight is 393 g/mol. The van der Waals surface area contributed by atoms with Crippen LogP contribution in [0.4, 0.5) is 11.8 Å². The number of aromatic amines is 1. The van der Waals surface area contributed by atoms with Gasteiger partial charge in [0.05, 0.1) is 22.7 Å². The molecule has 0 spiro atoms. The number of imidazole rings is 1. The van der Waals surface area contributed by atoms with Gasteiger partial charge in [0, 0.05) is 5.39 Å². The van der Waals surface area contributed by atoms with E-state index in [0.29, 0.717) is 23.1 Å². The Morgan fingerprint density at radius 1 is 1.03 bits per heavy atom. The van der Waals surface area contributed by atoms with Crippen LogP contribution in [0.15, 0.2) is 48.7 Å². The molecule has 3 aromatic heterocycles. The van der Waals surface area contributed by atoms with Crippen molar-refractivity contribution >= 4 is 33.7 Å². The molecule has 0 amide bonds. The third kappa shape index (κ3) is 2.86. The molecule has 3 heterocycles. The van der Waals surface area contributed by atoms with Crippen LogP contribution in [0.3, 0.4) is 0 Å². The van der Waals surface area contributed by atoms with Gasteiger partial charge in [0.2, 0.25) is 5.95 Å². The molecule has 0 aliphatic rings. The van der Waals surface area contributed by atoms with Crippen molar-refractivity contribution in [2.45, 2.75) is 20.8 Å². The van der Waals surface area contributed by atoms with Gasteiger partial charge in [-0.3, -0.25) is 0 Å².